The summed E-state index contributed by atoms with van der Waals surface area (Å²) in [5.41, 5.74) is 1.03. The zero-order valence-corrected chi connectivity index (χ0v) is 8.46. The molecule has 0 bridgehead atoms. The molecule has 0 heterocycles. The Bertz CT molecular complexity index is 295. The molecule has 1 aromatic rings. The molecule has 1 atom stereocenters. The van der Waals surface area contributed by atoms with Crippen LogP contribution in [0.1, 0.15) is 5.56 Å². The van der Waals surface area contributed by atoms with Crippen molar-refractivity contribution < 1.29 is 14.3 Å². The molecule has 0 N–H and O–H groups in total. The average molecular weight is 206 g/mol. The number of hydrogen-bond donors (Lipinski definition) is 0. The maximum absolute atomic E-state index is 10.6. The van der Waals surface area contributed by atoms with E-state index in [0.29, 0.717) is 6.61 Å². The monoisotopic (exact) mass is 206 g/mol. The third-order valence-corrected chi connectivity index (χ3v) is 1.84. The standard InChI is InChI=1S/C12H14O3/c1-2-14-10-12(8-13)15-9-11-6-4-3-5-7-11/h2-8,12H,1,9-10H2/t12-/m0/s1. The van der Waals surface area contributed by atoms with Crippen LogP contribution in [0.25, 0.3) is 0 Å². The summed E-state index contributed by atoms with van der Waals surface area (Å²) >= 11 is 0. The first-order valence-electron chi connectivity index (χ1n) is 4.70. The predicted molar refractivity (Wildman–Crippen MR) is 57.2 cm³/mol. The number of rotatable bonds is 7. The highest BCUT2D eigenvalue weighted by atomic mass is 16.5. The van der Waals surface area contributed by atoms with Crippen LogP contribution in [0, 0.1) is 0 Å². The first-order chi connectivity index (χ1) is 7.36. The van der Waals surface area contributed by atoms with Gasteiger partial charge < -0.3 is 14.3 Å². The summed E-state index contributed by atoms with van der Waals surface area (Å²) in [7, 11) is 0. The van der Waals surface area contributed by atoms with Gasteiger partial charge in [-0.05, 0) is 5.56 Å². The molecular formula is C12H14O3. The van der Waals surface area contributed by atoms with Crippen LogP contribution >= 0.6 is 0 Å². The molecule has 80 valence electrons. The van der Waals surface area contributed by atoms with Crippen molar-refractivity contribution in [3.63, 3.8) is 0 Å². The van der Waals surface area contributed by atoms with E-state index in [1.807, 2.05) is 30.3 Å². The molecule has 0 aliphatic rings. The van der Waals surface area contributed by atoms with E-state index < -0.39 is 6.10 Å². The van der Waals surface area contributed by atoms with E-state index in [-0.39, 0.29) is 6.61 Å². The summed E-state index contributed by atoms with van der Waals surface area (Å²) in [6.07, 6.45) is 1.48. The summed E-state index contributed by atoms with van der Waals surface area (Å²) in [5.74, 6) is 0. The van der Waals surface area contributed by atoms with Gasteiger partial charge in [-0.1, -0.05) is 36.9 Å². The van der Waals surface area contributed by atoms with Crippen LogP contribution in [0.15, 0.2) is 43.2 Å². The van der Waals surface area contributed by atoms with E-state index in [4.69, 9.17) is 9.47 Å². The summed E-state index contributed by atoms with van der Waals surface area (Å²) in [4.78, 5) is 10.6. The molecule has 0 spiro atoms. The summed E-state index contributed by atoms with van der Waals surface area (Å²) in [6.45, 7) is 4.01. The molecule has 0 saturated heterocycles. The van der Waals surface area contributed by atoms with Crippen molar-refractivity contribution in [1.29, 1.82) is 0 Å². The molecule has 1 rings (SSSR count). The zero-order valence-electron chi connectivity index (χ0n) is 8.46. The molecule has 0 aliphatic heterocycles. The molecule has 0 fully saturated rings. The highest BCUT2D eigenvalue weighted by Crippen LogP contribution is 2.02. The molecule has 1 aromatic carbocycles. The lowest BCUT2D eigenvalue weighted by molar-refractivity contribution is -0.121. The van der Waals surface area contributed by atoms with Crippen molar-refractivity contribution in [2.45, 2.75) is 12.7 Å². The summed E-state index contributed by atoms with van der Waals surface area (Å²) < 4.78 is 10.2. The van der Waals surface area contributed by atoms with Crippen molar-refractivity contribution in [2.75, 3.05) is 6.61 Å². The van der Waals surface area contributed by atoms with Gasteiger partial charge in [0.25, 0.3) is 0 Å². The number of aldehydes is 1. The van der Waals surface area contributed by atoms with Crippen LogP contribution in [0.4, 0.5) is 0 Å². The van der Waals surface area contributed by atoms with E-state index in [9.17, 15) is 4.79 Å². The number of carbonyl (C=O) groups is 1. The highest BCUT2D eigenvalue weighted by Gasteiger charge is 2.07. The van der Waals surface area contributed by atoms with Crippen LogP contribution in [0.3, 0.4) is 0 Å². The van der Waals surface area contributed by atoms with Gasteiger partial charge in [0.15, 0.2) is 6.29 Å². The minimum absolute atomic E-state index is 0.208. The lowest BCUT2D eigenvalue weighted by atomic mass is 10.2. The van der Waals surface area contributed by atoms with Crippen molar-refractivity contribution in [1.82, 2.24) is 0 Å². The molecule has 3 nitrogen and oxygen atoms in total. The van der Waals surface area contributed by atoms with E-state index >= 15 is 0 Å². The molecule has 0 aromatic heterocycles. The van der Waals surface area contributed by atoms with E-state index in [1.54, 1.807) is 0 Å². The second-order valence-corrected chi connectivity index (χ2v) is 2.97. The van der Waals surface area contributed by atoms with Gasteiger partial charge >= 0.3 is 0 Å². The number of benzene rings is 1. The highest BCUT2D eigenvalue weighted by molar-refractivity contribution is 5.56. The second kappa shape index (κ2) is 6.79. The Morgan fingerprint density at radius 1 is 1.33 bits per heavy atom. The first kappa shape index (κ1) is 11.5. The number of ether oxygens (including phenoxy) is 2. The van der Waals surface area contributed by atoms with Crippen molar-refractivity contribution >= 4 is 6.29 Å². The van der Waals surface area contributed by atoms with Crippen LogP contribution in [-0.2, 0) is 20.9 Å². The van der Waals surface area contributed by atoms with Gasteiger partial charge in [-0.2, -0.15) is 0 Å². The van der Waals surface area contributed by atoms with Gasteiger partial charge in [0.05, 0.1) is 12.9 Å². The number of carbonyl (C=O) groups excluding carboxylic acids is 1. The first-order valence-corrected chi connectivity index (χ1v) is 4.70. The Morgan fingerprint density at radius 3 is 2.67 bits per heavy atom. The van der Waals surface area contributed by atoms with E-state index in [0.717, 1.165) is 11.8 Å². The van der Waals surface area contributed by atoms with E-state index in [1.165, 1.54) is 6.26 Å². The van der Waals surface area contributed by atoms with Crippen molar-refractivity contribution in [3.05, 3.63) is 48.7 Å². The van der Waals surface area contributed by atoms with Crippen LogP contribution in [0.5, 0.6) is 0 Å². The maximum atomic E-state index is 10.6. The normalized spacial score (nSPS) is 11.7. The lowest BCUT2D eigenvalue weighted by Crippen LogP contribution is -2.20. The zero-order chi connectivity index (χ0) is 10.9. The van der Waals surface area contributed by atoms with Gasteiger partial charge in [0, 0.05) is 0 Å². The Balaban J connectivity index is 2.34. The van der Waals surface area contributed by atoms with Gasteiger partial charge in [-0.15, -0.1) is 0 Å². The van der Waals surface area contributed by atoms with E-state index in [2.05, 4.69) is 6.58 Å². The molecule has 3 heteroatoms. The summed E-state index contributed by atoms with van der Waals surface area (Å²) in [5, 5.41) is 0. The average Bonchev–Trinajstić information content (AvgIpc) is 2.31. The molecule has 0 radical (unpaired) electrons. The molecule has 15 heavy (non-hydrogen) atoms. The molecule has 0 amide bonds. The fourth-order valence-electron chi connectivity index (χ4n) is 1.07. The third-order valence-electron chi connectivity index (χ3n) is 1.84. The quantitative estimate of drug-likeness (QED) is 0.505. The van der Waals surface area contributed by atoms with Crippen LogP contribution in [0.2, 0.25) is 0 Å². The largest absolute Gasteiger partial charge is 0.499 e. The van der Waals surface area contributed by atoms with Gasteiger partial charge in [-0.3, -0.25) is 0 Å². The van der Waals surface area contributed by atoms with Crippen molar-refractivity contribution in [2.24, 2.45) is 0 Å². The van der Waals surface area contributed by atoms with Gasteiger partial charge in [0.2, 0.25) is 0 Å². The molecular weight excluding hydrogens is 192 g/mol. The Hall–Kier alpha value is -1.61. The SMILES string of the molecule is C=COC[C@H](C=O)OCc1ccccc1. The minimum atomic E-state index is -0.539. The fraction of sp³-hybridized carbons (Fsp3) is 0.250. The molecule has 0 saturated carbocycles. The second-order valence-electron chi connectivity index (χ2n) is 2.97. The van der Waals surface area contributed by atoms with Gasteiger partial charge in [-0.25, -0.2) is 0 Å². The summed E-state index contributed by atoms with van der Waals surface area (Å²) in [6, 6.07) is 9.66. The van der Waals surface area contributed by atoms with Crippen LogP contribution in [-0.4, -0.2) is 19.0 Å². The topological polar surface area (TPSA) is 35.5 Å². The Labute approximate surface area is 89.3 Å². The van der Waals surface area contributed by atoms with Crippen LogP contribution < -0.4 is 0 Å². The molecule has 0 unspecified atom stereocenters. The maximum Gasteiger partial charge on any atom is 0.152 e. The smallest absolute Gasteiger partial charge is 0.152 e. The van der Waals surface area contributed by atoms with Gasteiger partial charge in [0.1, 0.15) is 12.7 Å². The fourth-order valence-corrected chi connectivity index (χ4v) is 1.07. The lowest BCUT2D eigenvalue weighted by Gasteiger charge is -2.11. The number of hydrogen-bond acceptors (Lipinski definition) is 3. The predicted octanol–water partition coefficient (Wildman–Crippen LogP) is 1.93. The third kappa shape index (κ3) is 4.42. The molecule has 0 aliphatic carbocycles. The minimum Gasteiger partial charge on any atom is -0.499 e. The Morgan fingerprint density at radius 2 is 2.07 bits per heavy atom. The Kier molecular flexibility index (Phi) is 5.19. The van der Waals surface area contributed by atoms with Crippen molar-refractivity contribution in [3.8, 4) is 0 Å².